The molecule has 0 saturated carbocycles. The Morgan fingerprint density at radius 1 is 1.16 bits per heavy atom. The summed E-state index contributed by atoms with van der Waals surface area (Å²) in [5.41, 5.74) is 1.58. The van der Waals surface area contributed by atoms with Crippen molar-refractivity contribution in [2.75, 3.05) is 12.4 Å². The second-order valence-corrected chi connectivity index (χ2v) is 5.25. The number of benzene rings is 2. The number of hydrogen-bond donors (Lipinski definition) is 1. The number of rotatable bonds is 5. The average molecular weight is 347 g/mol. The molecule has 7 heteroatoms. The summed E-state index contributed by atoms with van der Waals surface area (Å²) in [7, 11) is 1.34. The van der Waals surface area contributed by atoms with Crippen LogP contribution >= 0.6 is 0 Å². The summed E-state index contributed by atoms with van der Waals surface area (Å²) in [6.45, 7) is -1.22. The summed E-state index contributed by atoms with van der Waals surface area (Å²) in [5, 5.41) is 3.45. The molecule has 25 heavy (non-hydrogen) atoms. The van der Waals surface area contributed by atoms with Crippen LogP contribution in [-0.2, 0) is 0 Å². The van der Waals surface area contributed by atoms with Crippen molar-refractivity contribution in [1.82, 2.24) is 0 Å². The van der Waals surface area contributed by atoms with Crippen LogP contribution in [0.5, 0.6) is 11.5 Å². The Bertz CT molecular complexity index is 921. The maximum Gasteiger partial charge on any atom is 0.387 e. The van der Waals surface area contributed by atoms with Gasteiger partial charge in [0.2, 0.25) is 0 Å². The van der Waals surface area contributed by atoms with Crippen LogP contribution in [0.2, 0.25) is 0 Å². The van der Waals surface area contributed by atoms with E-state index in [1.165, 1.54) is 25.3 Å². The number of furan rings is 1. The lowest BCUT2D eigenvalue weighted by Gasteiger charge is -2.12. The second-order valence-electron chi connectivity index (χ2n) is 5.25. The second kappa shape index (κ2) is 6.80. The molecule has 1 N–H and O–H groups in total. The van der Waals surface area contributed by atoms with Crippen molar-refractivity contribution in [2.24, 2.45) is 0 Å². The highest BCUT2D eigenvalue weighted by Gasteiger charge is 2.18. The number of carbonyl (C=O) groups is 1. The zero-order chi connectivity index (χ0) is 18.0. The number of aryl methyl sites for hydroxylation is 1. The number of methoxy groups -OCH3 is 1. The monoisotopic (exact) mass is 347 g/mol. The molecule has 3 aromatic rings. The van der Waals surface area contributed by atoms with Crippen LogP contribution in [0.1, 0.15) is 16.1 Å². The van der Waals surface area contributed by atoms with Crippen LogP contribution in [0.15, 0.2) is 46.9 Å². The van der Waals surface area contributed by atoms with E-state index >= 15 is 0 Å². The molecule has 0 spiro atoms. The number of ether oxygens (including phenoxy) is 2. The maximum absolute atomic E-state index is 12.5. The SMILES string of the molecule is COc1ccc(NC(=O)c2oc3ccccc3c2C)cc1OC(F)F. The van der Waals surface area contributed by atoms with E-state index in [0.29, 0.717) is 11.1 Å². The van der Waals surface area contributed by atoms with E-state index < -0.39 is 12.5 Å². The summed E-state index contributed by atoms with van der Waals surface area (Å²) in [4.78, 5) is 12.5. The zero-order valence-electron chi connectivity index (χ0n) is 13.5. The van der Waals surface area contributed by atoms with Gasteiger partial charge in [0.15, 0.2) is 17.3 Å². The molecule has 3 rings (SSSR count). The number of halogens is 2. The molecule has 1 aromatic heterocycles. The minimum Gasteiger partial charge on any atom is -0.493 e. The van der Waals surface area contributed by atoms with Crippen molar-refractivity contribution < 1.29 is 27.5 Å². The molecule has 1 heterocycles. The van der Waals surface area contributed by atoms with Crippen molar-refractivity contribution in [3.05, 3.63) is 53.8 Å². The molecule has 0 fully saturated rings. The van der Waals surface area contributed by atoms with Crippen LogP contribution in [0, 0.1) is 6.92 Å². The molecule has 0 radical (unpaired) electrons. The number of alkyl halides is 2. The Morgan fingerprint density at radius 2 is 1.92 bits per heavy atom. The minimum atomic E-state index is -3.00. The van der Waals surface area contributed by atoms with Crippen molar-refractivity contribution in [3.63, 3.8) is 0 Å². The lowest BCUT2D eigenvalue weighted by Crippen LogP contribution is -2.12. The van der Waals surface area contributed by atoms with Gasteiger partial charge in [0.25, 0.3) is 5.91 Å². The third kappa shape index (κ3) is 3.40. The van der Waals surface area contributed by atoms with Crippen LogP contribution in [0.3, 0.4) is 0 Å². The van der Waals surface area contributed by atoms with Crippen LogP contribution in [0.4, 0.5) is 14.5 Å². The molecule has 130 valence electrons. The van der Waals surface area contributed by atoms with E-state index in [9.17, 15) is 13.6 Å². The number of amides is 1. The van der Waals surface area contributed by atoms with Gasteiger partial charge < -0.3 is 19.2 Å². The molecule has 0 aliphatic heterocycles. The lowest BCUT2D eigenvalue weighted by atomic mass is 10.1. The van der Waals surface area contributed by atoms with Crippen LogP contribution in [0.25, 0.3) is 11.0 Å². The molecular formula is C18H15F2NO4. The van der Waals surface area contributed by atoms with E-state index in [2.05, 4.69) is 10.1 Å². The fraction of sp³-hybridized carbons (Fsp3) is 0.167. The van der Waals surface area contributed by atoms with Gasteiger partial charge in [-0.25, -0.2) is 0 Å². The topological polar surface area (TPSA) is 60.7 Å². The largest absolute Gasteiger partial charge is 0.493 e. The first kappa shape index (κ1) is 16.8. The highest BCUT2D eigenvalue weighted by Crippen LogP contribution is 2.32. The maximum atomic E-state index is 12.5. The summed E-state index contributed by atoms with van der Waals surface area (Å²) >= 11 is 0. The van der Waals surface area contributed by atoms with Crippen molar-refractivity contribution >= 4 is 22.6 Å². The smallest absolute Gasteiger partial charge is 0.387 e. The standard InChI is InChI=1S/C18H15F2NO4/c1-10-12-5-3-4-6-13(12)24-16(10)17(22)21-11-7-8-14(23-2)15(9-11)25-18(19)20/h3-9,18H,1-2H3,(H,21,22). The Morgan fingerprint density at radius 3 is 2.60 bits per heavy atom. The van der Waals surface area contributed by atoms with E-state index in [4.69, 9.17) is 9.15 Å². The molecule has 0 unspecified atom stereocenters. The number of anilines is 1. The van der Waals surface area contributed by atoms with Gasteiger partial charge in [-0.2, -0.15) is 8.78 Å². The van der Waals surface area contributed by atoms with Crippen LogP contribution < -0.4 is 14.8 Å². The average Bonchev–Trinajstić information content (AvgIpc) is 2.92. The van der Waals surface area contributed by atoms with Crippen molar-refractivity contribution in [2.45, 2.75) is 13.5 Å². The Balaban J connectivity index is 1.88. The molecule has 0 saturated heterocycles. The molecule has 5 nitrogen and oxygen atoms in total. The van der Waals surface area contributed by atoms with Crippen molar-refractivity contribution in [3.8, 4) is 11.5 Å². The first-order valence-electron chi connectivity index (χ1n) is 7.42. The van der Waals surface area contributed by atoms with Gasteiger partial charge in [0.1, 0.15) is 5.58 Å². The van der Waals surface area contributed by atoms with Crippen molar-refractivity contribution in [1.29, 1.82) is 0 Å². The highest BCUT2D eigenvalue weighted by atomic mass is 19.3. The lowest BCUT2D eigenvalue weighted by molar-refractivity contribution is -0.0511. The summed E-state index contributed by atoms with van der Waals surface area (Å²) in [5.74, 6) is -0.356. The fourth-order valence-corrected chi connectivity index (χ4v) is 2.52. The predicted molar refractivity (Wildman–Crippen MR) is 88.5 cm³/mol. The Hall–Kier alpha value is -3.09. The first-order chi connectivity index (χ1) is 12.0. The Labute approximate surface area is 142 Å². The third-order valence-corrected chi connectivity index (χ3v) is 3.69. The molecule has 2 aromatic carbocycles. The number of para-hydroxylation sites is 1. The molecule has 0 atom stereocenters. The normalized spacial score (nSPS) is 10.9. The first-order valence-corrected chi connectivity index (χ1v) is 7.42. The third-order valence-electron chi connectivity index (χ3n) is 3.69. The van der Waals surface area contributed by atoms with Gasteiger partial charge in [-0.15, -0.1) is 0 Å². The molecule has 0 aliphatic rings. The fourth-order valence-electron chi connectivity index (χ4n) is 2.52. The van der Waals surface area contributed by atoms with Gasteiger partial charge in [-0.05, 0) is 25.1 Å². The van der Waals surface area contributed by atoms with E-state index in [0.717, 1.165) is 5.39 Å². The molecule has 0 bridgehead atoms. The number of hydrogen-bond acceptors (Lipinski definition) is 4. The van der Waals surface area contributed by atoms with E-state index in [-0.39, 0.29) is 22.9 Å². The minimum absolute atomic E-state index is 0.137. The summed E-state index contributed by atoms with van der Waals surface area (Å²) < 4.78 is 39.9. The van der Waals surface area contributed by atoms with Gasteiger partial charge in [-0.3, -0.25) is 4.79 Å². The molecule has 1 amide bonds. The van der Waals surface area contributed by atoms with Gasteiger partial charge in [-0.1, -0.05) is 18.2 Å². The highest BCUT2D eigenvalue weighted by molar-refractivity contribution is 6.06. The quantitative estimate of drug-likeness (QED) is 0.732. The molecular weight excluding hydrogens is 332 g/mol. The number of fused-ring (bicyclic) bond motifs is 1. The van der Waals surface area contributed by atoms with E-state index in [1.807, 2.05) is 18.2 Å². The summed E-state index contributed by atoms with van der Waals surface area (Å²) in [6, 6.07) is 11.5. The predicted octanol–water partition coefficient (Wildman–Crippen LogP) is 4.60. The van der Waals surface area contributed by atoms with Gasteiger partial charge in [0.05, 0.1) is 7.11 Å². The number of nitrogens with one attached hydrogen (secondary N) is 1. The van der Waals surface area contributed by atoms with Gasteiger partial charge >= 0.3 is 6.61 Å². The number of carbonyl (C=O) groups excluding carboxylic acids is 1. The zero-order valence-corrected chi connectivity index (χ0v) is 13.5. The van der Waals surface area contributed by atoms with E-state index in [1.54, 1.807) is 13.0 Å². The van der Waals surface area contributed by atoms with Crippen LogP contribution in [-0.4, -0.2) is 19.6 Å². The molecule has 0 aliphatic carbocycles. The summed E-state index contributed by atoms with van der Waals surface area (Å²) in [6.07, 6.45) is 0. The van der Waals surface area contributed by atoms with Gasteiger partial charge in [0, 0.05) is 22.7 Å². The Kier molecular flexibility index (Phi) is 4.56.